The minimum absolute atomic E-state index is 0.141. The fraction of sp³-hybridized carbons (Fsp3) is 0.417. The van der Waals surface area contributed by atoms with Crippen molar-refractivity contribution in [1.82, 2.24) is 4.90 Å². The van der Waals surface area contributed by atoms with Crippen LogP contribution >= 0.6 is 0 Å². The summed E-state index contributed by atoms with van der Waals surface area (Å²) in [6, 6.07) is 3.82. The molecule has 1 N–H and O–H groups in total. The van der Waals surface area contributed by atoms with E-state index in [1.54, 1.807) is 14.1 Å². The molecule has 4 nitrogen and oxygen atoms in total. The lowest BCUT2D eigenvalue weighted by molar-refractivity contribution is -0.130. The van der Waals surface area contributed by atoms with Crippen molar-refractivity contribution in [3.8, 4) is 5.75 Å². The van der Waals surface area contributed by atoms with E-state index in [0.29, 0.717) is 11.3 Å². The zero-order valence-electron chi connectivity index (χ0n) is 10.1. The van der Waals surface area contributed by atoms with Gasteiger partial charge in [-0.3, -0.25) is 4.79 Å². The lowest BCUT2D eigenvalue weighted by Crippen LogP contribution is -2.27. The number of carbonyl (C=O) groups is 1. The van der Waals surface area contributed by atoms with Crippen molar-refractivity contribution in [2.24, 2.45) is 0 Å². The number of benzene rings is 1. The summed E-state index contributed by atoms with van der Waals surface area (Å²) in [6.07, 6.45) is -0.852. The number of rotatable bonds is 4. The van der Waals surface area contributed by atoms with E-state index < -0.39 is 11.9 Å². The first-order valence-corrected chi connectivity index (χ1v) is 5.22. The Morgan fingerprint density at radius 2 is 2.18 bits per heavy atom. The SMILES string of the molecule is CC(O)c1cc(F)ccc1OCC(=O)N(C)C. The summed E-state index contributed by atoms with van der Waals surface area (Å²) in [5.41, 5.74) is 0.330. The molecule has 0 aliphatic heterocycles. The number of carbonyl (C=O) groups excluding carboxylic acids is 1. The maximum atomic E-state index is 13.0. The van der Waals surface area contributed by atoms with Crippen LogP contribution in [0.2, 0.25) is 0 Å². The molecule has 0 bridgehead atoms. The molecule has 0 aliphatic rings. The highest BCUT2D eigenvalue weighted by molar-refractivity contribution is 5.77. The van der Waals surface area contributed by atoms with Crippen LogP contribution in [0.1, 0.15) is 18.6 Å². The van der Waals surface area contributed by atoms with Crippen molar-refractivity contribution in [2.75, 3.05) is 20.7 Å². The molecule has 0 aliphatic carbocycles. The Labute approximate surface area is 99.6 Å². The van der Waals surface area contributed by atoms with Gasteiger partial charge in [-0.25, -0.2) is 4.39 Å². The van der Waals surface area contributed by atoms with Crippen LogP contribution in [0.25, 0.3) is 0 Å². The van der Waals surface area contributed by atoms with Crippen LogP contribution in [0.5, 0.6) is 5.75 Å². The first-order valence-electron chi connectivity index (χ1n) is 5.22. The van der Waals surface area contributed by atoms with Gasteiger partial charge in [0.1, 0.15) is 11.6 Å². The average molecular weight is 241 g/mol. The molecule has 1 aromatic rings. The Balaban J connectivity index is 2.80. The highest BCUT2D eigenvalue weighted by Gasteiger charge is 2.12. The third-order valence-corrected chi connectivity index (χ3v) is 2.27. The minimum atomic E-state index is -0.852. The number of ether oxygens (including phenoxy) is 1. The molecule has 0 spiro atoms. The molecular weight excluding hydrogens is 225 g/mol. The van der Waals surface area contributed by atoms with E-state index in [4.69, 9.17) is 4.74 Å². The topological polar surface area (TPSA) is 49.8 Å². The molecule has 1 atom stereocenters. The number of aliphatic hydroxyl groups excluding tert-OH is 1. The van der Waals surface area contributed by atoms with Gasteiger partial charge in [-0.15, -0.1) is 0 Å². The Kier molecular flexibility index (Phi) is 4.45. The van der Waals surface area contributed by atoms with E-state index in [1.807, 2.05) is 0 Å². The summed E-state index contributed by atoms with van der Waals surface area (Å²) in [6.45, 7) is 1.37. The van der Waals surface area contributed by atoms with Gasteiger partial charge < -0.3 is 14.7 Å². The van der Waals surface area contributed by atoms with Crippen molar-refractivity contribution in [3.63, 3.8) is 0 Å². The number of hydrogen-bond acceptors (Lipinski definition) is 3. The highest BCUT2D eigenvalue weighted by atomic mass is 19.1. The first-order chi connectivity index (χ1) is 7.91. The second-order valence-corrected chi connectivity index (χ2v) is 3.93. The number of aliphatic hydroxyl groups is 1. The normalized spacial score (nSPS) is 12.1. The molecule has 0 saturated carbocycles. The van der Waals surface area contributed by atoms with Crippen molar-refractivity contribution in [2.45, 2.75) is 13.0 Å². The van der Waals surface area contributed by atoms with E-state index in [0.717, 1.165) is 0 Å². The zero-order valence-corrected chi connectivity index (χ0v) is 10.1. The molecule has 17 heavy (non-hydrogen) atoms. The van der Waals surface area contributed by atoms with Crippen LogP contribution in [0.4, 0.5) is 4.39 Å². The van der Waals surface area contributed by atoms with Gasteiger partial charge in [0.2, 0.25) is 0 Å². The molecule has 1 rings (SSSR count). The third-order valence-electron chi connectivity index (χ3n) is 2.27. The minimum Gasteiger partial charge on any atom is -0.483 e. The molecule has 1 unspecified atom stereocenters. The largest absolute Gasteiger partial charge is 0.483 e. The lowest BCUT2D eigenvalue weighted by Gasteiger charge is -2.15. The van der Waals surface area contributed by atoms with Crippen molar-refractivity contribution >= 4 is 5.91 Å². The highest BCUT2D eigenvalue weighted by Crippen LogP contribution is 2.25. The van der Waals surface area contributed by atoms with Crippen molar-refractivity contribution in [1.29, 1.82) is 0 Å². The van der Waals surface area contributed by atoms with Gasteiger partial charge in [0.15, 0.2) is 6.61 Å². The number of nitrogens with zero attached hydrogens (tertiary/aromatic N) is 1. The van der Waals surface area contributed by atoms with Gasteiger partial charge in [-0.2, -0.15) is 0 Å². The van der Waals surface area contributed by atoms with Gasteiger partial charge >= 0.3 is 0 Å². The van der Waals surface area contributed by atoms with Crippen LogP contribution in [0.3, 0.4) is 0 Å². The average Bonchev–Trinajstić information content (AvgIpc) is 2.26. The van der Waals surface area contributed by atoms with E-state index in [1.165, 1.54) is 30.0 Å². The fourth-order valence-corrected chi connectivity index (χ4v) is 1.25. The van der Waals surface area contributed by atoms with Crippen LogP contribution in [0.15, 0.2) is 18.2 Å². The predicted molar refractivity (Wildman–Crippen MR) is 61.2 cm³/mol. The molecule has 0 heterocycles. The van der Waals surface area contributed by atoms with Gasteiger partial charge in [0.25, 0.3) is 5.91 Å². The van der Waals surface area contributed by atoms with Crippen molar-refractivity contribution in [3.05, 3.63) is 29.6 Å². The smallest absolute Gasteiger partial charge is 0.259 e. The van der Waals surface area contributed by atoms with Gasteiger partial charge in [0, 0.05) is 19.7 Å². The molecular formula is C12H16FNO3. The van der Waals surface area contributed by atoms with Crippen LogP contribution < -0.4 is 4.74 Å². The number of amides is 1. The molecule has 0 saturated heterocycles. The van der Waals surface area contributed by atoms with E-state index in [-0.39, 0.29) is 12.5 Å². The maximum Gasteiger partial charge on any atom is 0.259 e. The second kappa shape index (κ2) is 5.63. The van der Waals surface area contributed by atoms with E-state index >= 15 is 0 Å². The van der Waals surface area contributed by atoms with Crippen LogP contribution in [-0.2, 0) is 4.79 Å². The monoisotopic (exact) mass is 241 g/mol. The number of likely N-dealkylation sites (N-methyl/N-ethyl adjacent to an activating group) is 1. The van der Waals surface area contributed by atoms with Crippen molar-refractivity contribution < 1.29 is 19.0 Å². The molecule has 1 amide bonds. The quantitative estimate of drug-likeness (QED) is 0.865. The molecule has 0 fully saturated rings. The van der Waals surface area contributed by atoms with Gasteiger partial charge in [-0.1, -0.05) is 0 Å². The Bertz CT molecular complexity index is 405. The van der Waals surface area contributed by atoms with E-state index in [2.05, 4.69) is 0 Å². The zero-order chi connectivity index (χ0) is 13.0. The third kappa shape index (κ3) is 3.71. The summed E-state index contributed by atoms with van der Waals surface area (Å²) in [5.74, 6) is -0.338. The summed E-state index contributed by atoms with van der Waals surface area (Å²) < 4.78 is 18.3. The Hall–Kier alpha value is -1.62. The summed E-state index contributed by atoms with van der Waals surface area (Å²) in [7, 11) is 3.23. The number of hydrogen-bond donors (Lipinski definition) is 1. The summed E-state index contributed by atoms with van der Waals surface area (Å²) in [4.78, 5) is 12.7. The van der Waals surface area contributed by atoms with Crippen LogP contribution in [0, 0.1) is 5.82 Å². The second-order valence-electron chi connectivity index (χ2n) is 3.93. The molecule has 1 aromatic carbocycles. The summed E-state index contributed by atoms with van der Waals surface area (Å²) >= 11 is 0. The predicted octanol–water partition coefficient (Wildman–Crippen LogP) is 1.35. The fourth-order valence-electron chi connectivity index (χ4n) is 1.25. The summed E-state index contributed by atoms with van der Waals surface area (Å²) in [5, 5.41) is 9.46. The first kappa shape index (κ1) is 13.4. The van der Waals surface area contributed by atoms with Gasteiger partial charge in [-0.05, 0) is 25.1 Å². The molecule has 94 valence electrons. The number of halogens is 1. The lowest BCUT2D eigenvalue weighted by atomic mass is 10.1. The molecule has 5 heteroatoms. The van der Waals surface area contributed by atoms with Crippen LogP contribution in [-0.4, -0.2) is 36.6 Å². The Morgan fingerprint density at radius 1 is 1.53 bits per heavy atom. The Morgan fingerprint density at radius 3 is 2.71 bits per heavy atom. The standard InChI is InChI=1S/C12H16FNO3/c1-8(15)10-6-9(13)4-5-11(10)17-7-12(16)14(2)3/h4-6,8,15H,7H2,1-3H3. The molecule has 0 aromatic heterocycles. The molecule has 0 radical (unpaired) electrons. The maximum absolute atomic E-state index is 13.0. The van der Waals surface area contributed by atoms with Gasteiger partial charge in [0.05, 0.1) is 6.10 Å². The van der Waals surface area contributed by atoms with E-state index in [9.17, 15) is 14.3 Å².